The maximum Gasteiger partial charge on any atom is 0.416 e. The van der Waals surface area contributed by atoms with Crippen molar-refractivity contribution < 1.29 is 22.4 Å². The molecule has 1 N–H and O–H groups in total. The third kappa shape index (κ3) is 4.10. The standard InChI is InChI=1S/C13H10F3NO3S/c1-19-20-21-10-4-2-8(3-5-10)11-6-9(13(14,15)16)7-12(18)17-11/h2-7H,1H3,(H,17,18). The Morgan fingerprint density at radius 1 is 1.14 bits per heavy atom. The maximum atomic E-state index is 12.7. The van der Waals surface area contributed by atoms with Gasteiger partial charge in [0.2, 0.25) is 5.56 Å². The molecular weight excluding hydrogens is 307 g/mol. The minimum Gasteiger partial charge on any atom is -0.322 e. The van der Waals surface area contributed by atoms with E-state index in [0.29, 0.717) is 16.5 Å². The summed E-state index contributed by atoms with van der Waals surface area (Å²) in [5, 5.41) is 0. The molecule has 1 aromatic heterocycles. The highest BCUT2D eigenvalue weighted by Crippen LogP contribution is 2.30. The van der Waals surface area contributed by atoms with Crippen molar-refractivity contribution in [3.63, 3.8) is 0 Å². The molecule has 0 fully saturated rings. The molecule has 0 aliphatic heterocycles. The van der Waals surface area contributed by atoms with E-state index in [2.05, 4.69) is 14.2 Å². The molecule has 2 aromatic rings. The van der Waals surface area contributed by atoms with E-state index < -0.39 is 17.3 Å². The first-order valence-electron chi connectivity index (χ1n) is 5.69. The molecule has 0 radical (unpaired) electrons. The fraction of sp³-hybridized carbons (Fsp3) is 0.154. The third-order valence-corrected chi connectivity index (χ3v) is 3.20. The van der Waals surface area contributed by atoms with Crippen molar-refractivity contribution in [2.24, 2.45) is 0 Å². The van der Waals surface area contributed by atoms with Gasteiger partial charge in [0.05, 0.1) is 24.7 Å². The van der Waals surface area contributed by atoms with E-state index in [1.807, 2.05) is 0 Å². The molecule has 0 aliphatic rings. The number of hydrogen-bond donors (Lipinski definition) is 1. The number of pyridine rings is 1. The predicted molar refractivity (Wildman–Crippen MR) is 71.5 cm³/mol. The quantitative estimate of drug-likeness (QED) is 0.531. The molecule has 8 heteroatoms. The van der Waals surface area contributed by atoms with Crippen LogP contribution in [0.25, 0.3) is 11.3 Å². The van der Waals surface area contributed by atoms with Crippen molar-refractivity contribution in [2.75, 3.05) is 7.11 Å². The first-order valence-corrected chi connectivity index (χ1v) is 6.43. The Morgan fingerprint density at radius 2 is 1.81 bits per heavy atom. The molecule has 112 valence electrons. The van der Waals surface area contributed by atoms with E-state index in [1.54, 1.807) is 24.3 Å². The van der Waals surface area contributed by atoms with Gasteiger partial charge in [-0.15, -0.1) is 0 Å². The van der Waals surface area contributed by atoms with Gasteiger partial charge in [0.15, 0.2) is 0 Å². The number of rotatable bonds is 4. The maximum absolute atomic E-state index is 12.7. The number of hydrogen-bond acceptors (Lipinski definition) is 4. The summed E-state index contributed by atoms with van der Waals surface area (Å²) in [6, 6.07) is 7.85. The second kappa shape index (κ2) is 6.33. The molecule has 0 atom stereocenters. The summed E-state index contributed by atoms with van der Waals surface area (Å²) < 4.78 is 42.7. The summed E-state index contributed by atoms with van der Waals surface area (Å²) >= 11 is 0.961. The molecule has 0 saturated carbocycles. The van der Waals surface area contributed by atoms with Crippen molar-refractivity contribution in [1.82, 2.24) is 4.98 Å². The zero-order valence-electron chi connectivity index (χ0n) is 10.7. The van der Waals surface area contributed by atoms with Crippen LogP contribution in [0, 0.1) is 0 Å². The Balaban J connectivity index is 2.33. The summed E-state index contributed by atoms with van der Waals surface area (Å²) in [6.07, 6.45) is -4.56. The lowest BCUT2D eigenvalue weighted by Gasteiger charge is -2.09. The molecular formula is C13H10F3NO3S. The van der Waals surface area contributed by atoms with Crippen LogP contribution in [-0.4, -0.2) is 12.1 Å². The van der Waals surface area contributed by atoms with Crippen LogP contribution < -0.4 is 5.56 Å². The highest BCUT2D eigenvalue weighted by Gasteiger charge is 2.31. The van der Waals surface area contributed by atoms with Gasteiger partial charge in [-0.1, -0.05) is 12.1 Å². The first-order chi connectivity index (χ1) is 9.90. The summed E-state index contributed by atoms with van der Waals surface area (Å²) in [4.78, 5) is 18.8. The summed E-state index contributed by atoms with van der Waals surface area (Å²) in [7, 11) is 1.36. The average Bonchev–Trinajstić information content (AvgIpc) is 2.44. The number of aromatic amines is 1. The van der Waals surface area contributed by atoms with Crippen LogP contribution in [0.3, 0.4) is 0 Å². The molecule has 0 spiro atoms. The van der Waals surface area contributed by atoms with Gasteiger partial charge in [-0.3, -0.25) is 4.79 Å². The first kappa shape index (κ1) is 15.6. The number of halogens is 3. The van der Waals surface area contributed by atoms with E-state index in [4.69, 9.17) is 0 Å². The molecule has 21 heavy (non-hydrogen) atoms. The minimum absolute atomic E-state index is 0.0963. The van der Waals surface area contributed by atoms with E-state index in [9.17, 15) is 18.0 Å². The van der Waals surface area contributed by atoms with Gasteiger partial charge in [-0.2, -0.15) is 17.5 Å². The summed E-state index contributed by atoms with van der Waals surface area (Å²) in [5.74, 6) is 0. The molecule has 0 aliphatic carbocycles. The van der Waals surface area contributed by atoms with Crippen LogP contribution in [0.2, 0.25) is 0 Å². The fourth-order valence-corrected chi connectivity index (χ4v) is 2.02. The zero-order valence-corrected chi connectivity index (χ0v) is 11.5. The van der Waals surface area contributed by atoms with Gasteiger partial charge in [0.25, 0.3) is 0 Å². The Kier molecular flexibility index (Phi) is 4.71. The lowest BCUT2D eigenvalue weighted by atomic mass is 10.1. The Labute approximate surface area is 122 Å². The second-order valence-corrected chi connectivity index (χ2v) is 4.76. The Bertz CT molecular complexity index is 668. The van der Waals surface area contributed by atoms with Crippen molar-refractivity contribution in [3.05, 3.63) is 52.3 Å². The molecule has 1 heterocycles. The van der Waals surface area contributed by atoms with Crippen LogP contribution in [0.15, 0.2) is 46.1 Å². The van der Waals surface area contributed by atoms with Gasteiger partial charge >= 0.3 is 6.18 Å². The van der Waals surface area contributed by atoms with Crippen LogP contribution in [0.1, 0.15) is 5.56 Å². The molecule has 1 aromatic carbocycles. The molecule has 0 bridgehead atoms. The van der Waals surface area contributed by atoms with E-state index in [-0.39, 0.29) is 5.69 Å². The van der Waals surface area contributed by atoms with Gasteiger partial charge in [0, 0.05) is 16.7 Å². The predicted octanol–water partition coefficient (Wildman–Crippen LogP) is 3.65. The topological polar surface area (TPSA) is 51.3 Å². The molecule has 0 unspecified atom stereocenters. The third-order valence-electron chi connectivity index (χ3n) is 2.54. The smallest absolute Gasteiger partial charge is 0.322 e. The Hall–Kier alpha value is -1.77. The van der Waals surface area contributed by atoms with Crippen molar-refractivity contribution in [3.8, 4) is 11.3 Å². The van der Waals surface area contributed by atoms with Crippen LogP contribution in [-0.2, 0) is 15.4 Å². The molecule has 2 rings (SSSR count). The molecule has 0 amide bonds. The zero-order chi connectivity index (χ0) is 15.5. The van der Waals surface area contributed by atoms with Gasteiger partial charge < -0.3 is 4.98 Å². The number of aromatic nitrogens is 1. The average molecular weight is 317 g/mol. The SMILES string of the molecule is COOSc1ccc(-c2cc(C(F)(F)F)cc(=O)[nH]2)cc1. The van der Waals surface area contributed by atoms with Gasteiger partial charge in [-0.05, 0) is 23.8 Å². The van der Waals surface area contributed by atoms with Gasteiger partial charge in [-0.25, -0.2) is 4.89 Å². The summed E-state index contributed by atoms with van der Waals surface area (Å²) in [6.45, 7) is 0. The second-order valence-electron chi connectivity index (χ2n) is 3.99. The lowest BCUT2D eigenvalue weighted by Crippen LogP contribution is -2.13. The van der Waals surface area contributed by atoms with Crippen LogP contribution in [0.4, 0.5) is 13.2 Å². The molecule has 0 saturated heterocycles. The van der Waals surface area contributed by atoms with Crippen LogP contribution in [0.5, 0.6) is 0 Å². The normalized spacial score (nSPS) is 11.6. The van der Waals surface area contributed by atoms with Crippen molar-refractivity contribution >= 4 is 12.0 Å². The van der Waals surface area contributed by atoms with Gasteiger partial charge in [0.1, 0.15) is 0 Å². The Morgan fingerprint density at radius 3 is 2.38 bits per heavy atom. The van der Waals surface area contributed by atoms with Crippen LogP contribution >= 0.6 is 12.0 Å². The molecule has 4 nitrogen and oxygen atoms in total. The highest BCUT2D eigenvalue weighted by atomic mass is 32.2. The monoisotopic (exact) mass is 317 g/mol. The highest BCUT2D eigenvalue weighted by molar-refractivity contribution is 7.94. The number of nitrogens with one attached hydrogen (secondary N) is 1. The summed E-state index contributed by atoms with van der Waals surface area (Å²) in [5.41, 5.74) is -1.23. The number of alkyl halides is 3. The van der Waals surface area contributed by atoms with E-state index >= 15 is 0 Å². The van der Waals surface area contributed by atoms with Crippen molar-refractivity contribution in [2.45, 2.75) is 11.1 Å². The van der Waals surface area contributed by atoms with E-state index in [0.717, 1.165) is 18.1 Å². The fourth-order valence-electron chi connectivity index (χ4n) is 1.63. The van der Waals surface area contributed by atoms with Crippen molar-refractivity contribution in [1.29, 1.82) is 0 Å². The number of benzene rings is 1. The largest absolute Gasteiger partial charge is 0.416 e. The van der Waals surface area contributed by atoms with E-state index in [1.165, 1.54) is 7.11 Å². The number of H-pyrrole nitrogens is 1. The lowest BCUT2D eigenvalue weighted by molar-refractivity contribution is -0.160. The minimum atomic E-state index is -4.56.